The smallest absolute Gasteiger partial charge is 0.227 e. The normalized spacial score (nSPS) is 25.0. The van der Waals surface area contributed by atoms with E-state index in [1.54, 1.807) is 4.90 Å². The molecular weight excluding hydrogens is 520 g/mol. The van der Waals surface area contributed by atoms with Crippen molar-refractivity contribution in [2.45, 2.75) is 109 Å². The molecule has 1 saturated heterocycles. The molecule has 0 bridgehead atoms. The molecule has 3 rings (SSSR count). The Balaban J connectivity index is 1.79. The molecular formula is C32H56N4O5. The minimum Gasteiger partial charge on any atom is -0.390 e. The fourth-order valence-corrected chi connectivity index (χ4v) is 6.66. The van der Waals surface area contributed by atoms with Gasteiger partial charge in [-0.05, 0) is 48.2 Å². The summed E-state index contributed by atoms with van der Waals surface area (Å²) in [5.41, 5.74) is 6.84. The predicted molar refractivity (Wildman–Crippen MR) is 162 cm³/mol. The summed E-state index contributed by atoms with van der Waals surface area (Å²) in [7, 11) is 0. The van der Waals surface area contributed by atoms with E-state index in [2.05, 4.69) is 31.1 Å². The third-order valence-corrected chi connectivity index (χ3v) is 9.15. The lowest BCUT2D eigenvalue weighted by Crippen LogP contribution is -2.53. The van der Waals surface area contributed by atoms with E-state index in [1.165, 1.54) is 6.42 Å². The molecule has 234 valence electrons. The van der Waals surface area contributed by atoms with E-state index in [0.29, 0.717) is 57.1 Å². The summed E-state index contributed by atoms with van der Waals surface area (Å²) < 4.78 is 5.39. The van der Waals surface area contributed by atoms with Crippen molar-refractivity contribution in [3.8, 4) is 0 Å². The number of nitrogens with one attached hydrogen (secondary N) is 2. The summed E-state index contributed by atoms with van der Waals surface area (Å²) in [6.07, 6.45) is 7.42. The van der Waals surface area contributed by atoms with Gasteiger partial charge in [-0.25, -0.2) is 0 Å². The number of aliphatic hydroxyl groups excluding tert-OH is 2. The largest absolute Gasteiger partial charge is 0.390 e. The highest BCUT2D eigenvalue weighted by atomic mass is 16.5. The molecule has 41 heavy (non-hydrogen) atoms. The van der Waals surface area contributed by atoms with Crippen molar-refractivity contribution in [2.75, 3.05) is 32.8 Å². The molecule has 9 nitrogen and oxygen atoms in total. The van der Waals surface area contributed by atoms with E-state index < -0.39 is 29.7 Å². The Bertz CT molecular complexity index is 910. The molecule has 0 aromatic heterocycles. The Labute approximate surface area is 247 Å². The van der Waals surface area contributed by atoms with Gasteiger partial charge in [0.1, 0.15) is 6.10 Å². The number of nitrogens with two attached hydrogens (primary N) is 1. The maximum absolute atomic E-state index is 14.0. The molecule has 0 unspecified atom stereocenters. The Morgan fingerprint density at radius 1 is 1.12 bits per heavy atom. The standard InChI is InChI=1S/C32H56N4O5/c1-21(2)15-25(26-19-34-32(20-33,23(26)5)18-29(38)36-11-13-41-14-12-36)31(40)35-27(17-24-9-7-6-8-10-24)30(39)28(37)16-22(3)4/h19,21-22,24-25,27-28,30,34,37,39H,5-18,20,33H2,1-4H3,(H,35,40)/t25-,27+,28+,30-,32-/m1/s1. The molecule has 2 heterocycles. The predicted octanol–water partition coefficient (Wildman–Crippen LogP) is 2.86. The number of amides is 2. The second kappa shape index (κ2) is 15.5. The van der Waals surface area contributed by atoms with Crippen LogP contribution in [0.1, 0.15) is 85.5 Å². The van der Waals surface area contributed by atoms with Crippen LogP contribution >= 0.6 is 0 Å². The van der Waals surface area contributed by atoms with Crippen molar-refractivity contribution in [3.63, 3.8) is 0 Å². The van der Waals surface area contributed by atoms with Gasteiger partial charge in [-0.1, -0.05) is 66.4 Å². The SMILES string of the molecule is C=C1C([C@@H](CC(C)C)C(=O)N[C@@H](CC2CCCCC2)[C@@H](O)[C@@H](O)CC(C)C)=CN[C@@]1(CN)CC(=O)N1CCOCC1. The molecule has 1 aliphatic carbocycles. The number of hydrogen-bond donors (Lipinski definition) is 5. The molecule has 1 saturated carbocycles. The lowest BCUT2D eigenvalue weighted by Gasteiger charge is -2.36. The number of carbonyl (C=O) groups is 2. The van der Waals surface area contributed by atoms with Crippen molar-refractivity contribution in [1.82, 2.24) is 15.5 Å². The van der Waals surface area contributed by atoms with Crippen LogP contribution in [0.3, 0.4) is 0 Å². The van der Waals surface area contributed by atoms with Crippen LogP contribution in [-0.4, -0.2) is 83.6 Å². The second-order valence-electron chi connectivity index (χ2n) is 13.4. The minimum atomic E-state index is -1.05. The fraction of sp³-hybridized carbons (Fsp3) is 0.812. The third-order valence-electron chi connectivity index (χ3n) is 9.15. The molecule has 5 atom stereocenters. The van der Waals surface area contributed by atoms with E-state index in [0.717, 1.165) is 31.3 Å². The first-order chi connectivity index (χ1) is 19.5. The molecule has 9 heteroatoms. The fourth-order valence-electron chi connectivity index (χ4n) is 6.66. The molecule has 2 amide bonds. The van der Waals surface area contributed by atoms with Crippen molar-refractivity contribution in [2.24, 2.45) is 29.4 Å². The zero-order valence-electron chi connectivity index (χ0n) is 25.9. The molecule has 2 aliphatic heterocycles. The Morgan fingerprint density at radius 2 is 1.76 bits per heavy atom. The number of rotatable bonds is 14. The van der Waals surface area contributed by atoms with Crippen molar-refractivity contribution >= 4 is 11.8 Å². The van der Waals surface area contributed by atoms with E-state index in [9.17, 15) is 19.8 Å². The summed E-state index contributed by atoms with van der Waals surface area (Å²) in [6.45, 7) is 14.9. The number of carbonyl (C=O) groups excluding carboxylic acids is 2. The molecule has 6 N–H and O–H groups in total. The first-order valence-corrected chi connectivity index (χ1v) is 15.9. The van der Waals surface area contributed by atoms with Gasteiger partial charge >= 0.3 is 0 Å². The number of nitrogens with zero attached hydrogens (tertiary/aromatic N) is 1. The van der Waals surface area contributed by atoms with Crippen molar-refractivity contribution in [3.05, 3.63) is 23.9 Å². The maximum Gasteiger partial charge on any atom is 0.227 e. The van der Waals surface area contributed by atoms with Crippen LogP contribution < -0.4 is 16.4 Å². The maximum atomic E-state index is 14.0. The molecule has 0 spiro atoms. The van der Waals surface area contributed by atoms with Crippen molar-refractivity contribution < 1.29 is 24.5 Å². The number of ether oxygens (including phenoxy) is 1. The molecule has 2 fully saturated rings. The van der Waals surface area contributed by atoms with Crippen LogP contribution in [0.15, 0.2) is 23.9 Å². The van der Waals surface area contributed by atoms with Gasteiger partial charge in [-0.15, -0.1) is 0 Å². The highest BCUT2D eigenvalue weighted by Gasteiger charge is 2.44. The Morgan fingerprint density at radius 3 is 2.34 bits per heavy atom. The van der Waals surface area contributed by atoms with Gasteiger partial charge in [0.25, 0.3) is 0 Å². The van der Waals surface area contributed by atoms with Gasteiger partial charge in [0.15, 0.2) is 0 Å². The van der Waals surface area contributed by atoms with Crippen LogP contribution in [0.4, 0.5) is 0 Å². The van der Waals surface area contributed by atoms with Crippen molar-refractivity contribution in [1.29, 1.82) is 0 Å². The van der Waals surface area contributed by atoms with Gasteiger partial charge in [0.2, 0.25) is 11.8 Å². The molecule has 3 aliphatic rings. The number of morpholine rings is 1. The highest BCUT2D eigenvalue weighted by molar-refractivity contribution is 5.85. The minimum absolute atomic E-state index is 0.0123. The van der Waals surface area contributed by atoms with Crippen LogP contribution in [0.5, 0.6) is 0 Å². The highest BCUT2D eigenvalue weighted by Crippen LogP contribution is 2.38. The zero-order chi connectivity index (χ0) is 30.2. The summed E-state index contributed by atoms with van der Waals surface area (Å²) in [4.78, 5) is 29.0. The van der Waals surface area contributed by atoms with E-state index in [-0.39, 0.29) is 36.6 Å². The average molecular weight is 577 g/mol. The second-order valence-corrected chi connectivity index (χ2v) is 13.4. The third kappa shape index (κ3) is 9.02. The monoisotopic (exact) mass is 576 g/mol. The van der Waals surface area contributed by atoms with Gasteiger partial charge in [-0.3, -0.25) is 9.59 Å². The number of aliphatic hydroxyl groups is 2. The van der Waals surface area contributed by atoms with Crippen LogP contribution in [0.25, 0.3) is 0 Å². The summed E-state index contributed by atoms with van der Waals surface area (Å²) in [6, 6.07) is -0.542. The quantitative estimate of drug-likeness (QED) is 0.214. The van der Waals surface area contributed by atoms with Gasteiger partial charge in [0, 0.05) is 25.8 Å². The first-order valence-electron chi connectivity index (χ1n) is 15.9. The summed E-state index contributed by atoms with van der Waals surface area (Å²) >= 11 is 0. The topological polar surface area (TPSA) is 137 Å². The van der Waals surface area contributed by atoms with Crippen LogP contribution in [0, 0.1) is 23.7 Å². The van der Waals surface area contributed by atoms with E-state index in [1.807, 2.05) is 20.0 Å². The van der Waals surface area contributed by atoms with Crippen LogP contribution in [-0.2, 0) is 14.3 Å². The first kappa shape index (κ1) is 33.6. The van der Waals surface area contributed by atoms with E-state index >= 15 is 0 Å². The molecule has 0 radical (unpaired) electrons. The van der Waals surface area contributed by atoms with Gasteiger partial charge in [-0.2, -0.15) is 0 Å². The zero-order valence-corrected chi connectivity index (χ0v) is 25.9. The van der Waals surface area contributed by atoms with Gasteiger partial charge < -0.3 is 36.2 Å². The van der Waals surface area contributed by atoms with Crippen LogP contribution in [0.2, 0.25) is 0 Å². The summed E-state index contributed by atoms with van der Waals surface area (Å²) in [5, 5.41) is 28.6. The van der Waals surface area contributed by atoms with E-state index in [4.69, 9.17) is 10.5 Å². The average Bonchev–Trinajstić information content (AvgIpc) is 3.26. The lowest BCUT2D eigenvalue weighted by atomic mass is 9.78. The molecule has 0 aromatic rings. The Kier molecular flexibility index (Phi) is 12.7. The number of hydrogen-bond acceptors (Lipinski definition) is 7. The van der Waals surface area contributed by atoms with Gasteiger partial charge in [0.05, 0.1) is 43.2 Å². The Hall–Kier alpha value is -1.94. The summed E-state index contributed by atoms with van der Waals surface area (Å²) in [5.74, 6) is 0.137. The lowest BCUT2D eigenvalue weighted by molar-refractivity contribution is -0.136. The molecule has 0 aromatic carbocycles.